The summed E-state index contributed by atoms with van der Waals surface area (Å²) in [5.74, 6) is 0.439. The van der Waals surface area contributed by atoms with Crippen LogP contribution >= 0.6 is 0 Å². The van der Waals surface area contributed by atoms with Crippen molar-refractivity contribution in [2.45, 2.75) is 46.1 Å². The lowest BCUT2D eigenvalue weighted by Crippen LogP contribution is -2.40. The second-order valence-electron chi connectivity index (χ2n) is 8.12. The number of aromatic nitrogens is 1. The number of oxazole rings is 1. The number of rotatable bonds is 4. The summed E-state index contributed by atoms with van der Waals surface area (Å²) in [6.45, 7) is 9.78. The Labute approximate surface area is 164 Å². The van der Waals surface area contributed by atoms with E-state index in [1.807, 2.05) is 34.6 Å². The smallest absolute Gasteiger partial charge is 0.255 e. The Balaban J connectivity index is 1.72. The van der Waals surface area contributed by atoms with Gasteiger partial charge >= 0.3 is 0 Å². The first-order valence-corrected chi connectivity index (χ1v) is 9.27. The maximum Gasteiger partial charge on any atom is 0.255 e. The van der Waals surface area contributed by atoms with Crippen LogP contribution in [0.4, 0.5) is 5.69 Å². The molecule has 0 radical (unpaired) electrons. The topological polar surface area (TPSA) is 84.2 Å². The largest absolute Gasteiger partial charge is 0.440 e. The normalized spacial score (nSPS) is 11.6. The van der Waals surface area contributed by atoms with Gasteiger partial charge in [0.2, 0.25) is 0 Å². The van der Waals surface area contributed by atoms with Crippen molar-refractivity contribution < 1.29 is 14.0 Å². The molecule has 3 rings (SSSR count). The zero-order chi connectivity index (χ0) is 20.5. The van der Waals surface area contributed by atoms with Gasteiger partial charge in [0.15, 0.2) is 11.5 Å². The average Bonchev–Trinajstić information content (AvgIpc) is 3.04. The van der Waals surface area contributed by atoms with Gasteiger partial charge in [-0.15, -0.1) is 0 Å². The number of anilines is 1. The first kappa shape index (κ1) is 19.6. The van der Waals surface area contributed by atoms with Crippen molar-refractivity contribution in [2.24, 2.45) is 0 Å². The summed E-state index contributed by atoms with van der Waals surface area (Å²) in [6, 6.07) is 11.9. The van der Waals surface area contributed by atoms with E-state index in [-0.39, 0.29) is 23.3 Å². The van der Waals surface area contributed by atoms with Gasteiger partial charge in [-0.3, -0.25) is 9.59 Å². The molecule has 0 saturated heterocycles. The Bertz CT molecular complexity index is 1010. The fraction of sp³-hybridized carbons (Fsp3) is 0.318. The molecular weight excluding hydrogens is 354 g/mol. The van der Waals surface area contributed by atoms with Crippen molar-refractivity contribution in [1.82, 2.24) is 10.3 Å². The molecule has 1 aromatic heterocycles. The fourth-order valence-electron chi connectivity index (χ4n) is 2.66. The lowest BCUT2D eigenvalue weighted by molar-refractivity contribution is 0.0918. The minimum Gasteiger partial charge on any atom is -0.440 e. The molecule has 6 heteroatoms. The van der Waals surface area contributed by atoms with Crippen LogP contribution in [0, 0.1) is 0 Å². The quantitative estimate of drug-likeness (QED) is 0.686. The van der Waals surface area contributed by atoms with E-state index in [1.54, 1.807) is 42.5 Å². The molecule has 146 valence electrons. The molecule has 2 aromatic carbocycles. The molecule has 0 aliphatic carbocycles. The van der Waals surface area contributed by atoms with Crippen molar-refractivity contribution in [2.75, 3.05) is 5.32 Å². The number of nitrogens with one attached hydrogen (secondary N) is 2. The minimum atomic E-state index is -0.317. The average molecular weight is 379 g/mol. The molecule has 0 aliphatic rings. The van der Waals surface area contributed by atoms with Crippen LogP contribution in [-0.2, 0) is 0 Å². The maximum absolute atomic E-state index is 12.5. The summed E-state index contributed by atoms with van der Waals surface area (Å²) in [4.78, 5) is 29.1. The number of benzene rings is 2. The molecule has 0 atom stereocenters. The monoisotopic (exact) mass is 379 g/mol. The number of fused-ring (bicyclic) bond motifs is 1. The predicted molar refractivity (Wildman–Crippen MR) is 110 cm³/mol. The van der Waals surface area contributed by atoms with E-state index < -0.39 is 0 Å². The lowest BCUT2D eigenvalue weighted by atomic mass is 10.1. The Hall–Kier alpha value is -3.15. The van der Waals surface area contributed by atoms with Crippen molar-refractivity contribution in [1.29, 1.82) is 0 Å². The molecule has 0 bridgehead atoms. The van der Waals surface area contributed by atoms with Crippen molar-refractivity contribution in [3.8, 4) is 0 Å². The van der Waals surface area contributed by atoms with E-state index in [1.165, 1.54) is 0 Å². The highest BCUT2D eigenvalue weighted by Crippen LogP contribution is 2.24. The minimum absolute atomic E-state index is 0.170. The second kappa shape index (κ2) is 7.46. The molecule has 0 unspecified atom stereocenters. The number of carbonyl (C=O) groups excluding carboxylic acids is 2. The van der Waals surface area contributed by atoms with Crippen LogP contribution in [0.5, 0.6) is 0 Å². The molecule has 0 aliphatic heterocycles. The van der Waals surface area contributed by atoms with E-state index in [0.717, 1.165) is 0 Å². The third-order valence-corrected chi connectivity index (χ3v) is 4.05. The maximum atomic E-state index is 12.5. The summed E-state index contributed by atoms with van der Waals surface area (Å²) in [6.07, 6.45) is 0. The lowest BCUT2D eigenvalue weighted by Gasteiger charge is -2.20. The Morgan fingerprint density at radius 1 is 0.964 bits per heavy atom. The molecule has 2 amide bonds. The number of hydrogen-bond acceptors (Lipinski definition) is 4. The molecule has 2 N–H and O–H groups in total. The zero-order valence-electron chi connectivity index (χ0n) is 16.8. The number of hydrogen-bond donors (Lipinski definition) is 2. The van der Waals surface area contributed by atoms with Gasteiger partial charge < -0.3 is 15.1 Å². The molecule has 0 fully saturated rings. The van der Waals surface area contributed by atoms with Gasteiger partial charge in [0.25, 0.3) is 11.8 Å². The van der Waals surface area contributed by atoms with Crippen LogP contribution in [0.2, 0.25) is 0 Å². The molecule has 0 saturated carbocycles. The van der Waals surface area contributed by atoms with Crippen molar-refractivity contribution in [3.05, 3.63) is 59.5 Å². The van der Waals surface area contributed by atoms with Crippen LogP contribution in [0.1, 0.15) is 67.1 Å². The SMILES string of the molecule is CC(C)c1nc2cc(NC(=O)c3ccc(C(=O)NC(C)(C)C)cc3)ccc2o1. The van der Waals surface area contributed by atoms with Crippen molar-refractivity contribution >= 4 is 28.6 Å². The number of carbonyl (C=O) groups is 2. The van der Waals surface area contributed by atoms with Gasteiger partial charge in [0.05, 0.1) is 0 Å². The Morgan fingerprint density at radius 3 is 2.14 bits per heavy atom. The van der Waals surface area contributed by atoms with Crippen LogP contribution in [0.25, 0.3) is 11.1 Å². The second-order valence-corrected chi connectivity index (χ2v) is 8.12. The molecule has 6 nitrogen and oxygen atoms in total. The Kier molecular flexibility index (Phi) is 5.23. The van der Waals surface area contributed by atoms with Crippen LogP contribution in [0.15, 0.2) is 46.9 Å². The van der Waals surface area contributed by atoms with Gasteiger partial charge in [0.1, 0.15) is 5.52 Å². The van der Waals surface area contributed by atoms with Gasteiger partial charge in [-0.1, -0.05) is 13.8 Å². The Morgan fingerprint density at radius 2 is 1.57 bits per heavy atom. The summed E-state index contributed by atoms with van der Waals surface area (Å²) < 4.78 is 5.68. The van der Waals surface area contributed by atoms with E-state index in [2.05, 4.69) is 15.6 Å². The first-order valence-electron chi connectivity index (χ1n) is 9.27. The summed E-state index contributed by atoms with van der Waals surface area (Å²) >= 11 is 0. The third-order valence-electron chi connectivity index (χ3n) is 4.05. The molecule has 0 spiro atoms. The summed E-state index contributed by atoms with van der Waals surface area (Å²) in [7, 11) is 0. The van der Waals surface area contributed by atoms with Gasteiger partial charge in [-0.2, -0.15) is 0 Å². The molecule has 1 heterocycles. The standard InChI is InChI=1S/C22H25N3O3/c1-13(2)21-24-17-12-16(10-11-18(17)28-21)23-19(26)14-6-8-15(9-7-14)20(27)25-22(3,4)5/h6-13H,1-5H3,(H,23,26)(H,25,27). The van der Waals surface area contributed by atoms with Gasteiger partial charge in [-0.05, 0) is 63.2 Å². The van der Waals surface area contributed by atoms with Crippen molar-refractivity contribution in [3.63, 3.8) is 0 Å². The highest BCUT2D eigenvalue weighted by molar-refractivity contribution is 6.05. The zero-order valence-corrected chi connectivity index (χ0v) is 16.8. The van der Waals surface area contributed by atoms with E-state index >= 15 is 0 Å². The van der Waals surface area contributed by atoms with Gasteiger partial charge in [-0.25, -0.2) is 4.98 Å². The van der Waals surface area contributed by atoms with E-state index in [0.29, 0.717) is 33.8 Å². The van der Waals surface area contributed by atoms with E-state index in [9.17, 15) is 9.59 Å². The summed E-state index contributed by atoms with van der Waals surface area (Å²) in [5, 5.41) is 5.75. The van der Waals surface area contributed by atoms with Crippen LogP contribution < -0.4 is 10.6 Å². The molecular formula is C22H25N3O3. The fourth-order valence-corrected chi connectivity index (χ4v) is 2.66. The van der Waals surface area contributed by atoms with Crippen LogP contribution in [-0.4, -0.2) is 22.3 Å². The number of amides is 2. The predicted octanol–water partition coefficient (Wildman–Crippen LogP) is 4.73. The number of nitrogens with zero attached hydrogens (tertiary/aromatic N) is 1. The highest BCUT2D eigenvalue weighted by atomic mass is 16.3. The molecule has 3 aromatic rings. The molecule has 28 heavy (non-hydrogen) atoms. The van der Waals surface area contributed by atoms with Gasteiger partial charge in [0, 0.05) is 28.3 Å². The highest BCUT2D eigenvalue weighted by Gasteiger charge is 2.16. The first-order chi connectivity index (χ1) is 13.1. The summed E-state index contributed by atoms with van der Waals surface area (Å²) in [5.41, 5.74) is 2.69. The van der Waals surface area contributed by atoms with Crippen LogP contribution in [0.3, 0.4) is 0 Å². The van der Waals surface area contributed by atoms with E-state index in [4.69, 9.17) is 4.42 Å². The third kappa shape index (κ3) is 4.57.